The molecule has 1 aliphatic carbocycles. The Morgan fingerprint density at radius 2 is 1.91 bits per heavy atom. The number of aliphatic carboxylic acids is 1. The molecule has 7 heteroatoms. The van der Waals surface area contributed by atoms with Crippen LogP contribution in [0, 0.1) is 5.82 Å². The molecule has 2 aromatic carbocycles. The number of carboxylic acids is 1. The van der Waals surface area contributed by atoms with Crippen molar-refractivity contribution in [3.8, 4) is 11.1 Å². The maximum Gasteiger partial charge on any atom is 1.00 e. The summed E-state index contributed by atoms with van der Waals surface area (Å²) in [6.07, 6.45) is -5.07. The van der Waals surface area contributed by atoms with Gasteiger partial charge in [-0.15, -0.1) is 0 Å². The molecule has 3 aromatic rings. The van der Waals surface area contributed by atoms with E-state index in [-0.39, 0.29) is 41.7 Å². The van der Waals surface area contributed by atoms with Crippen LogP contribution in [-0.2, 0) is 4.79 Å². The predicted octanol–water partition coefficient (Wildman–Crippen LogP) is 0.187. The first kappa shape index (κ1) is 19.4. The SMILES string of the molecule is [2H]C1([2H])C(c2nc3ccccc3c(-c3ccc(F)cc3)c2/C=C/[C@@H](O)C[C@@H](O)CC(=O)[O-])C1([2H])[2H].[Na+]. The summed E-state index contributed by atoms with van der Waals surface area (Å²) in [6, 6.07) is 12.7. The zero-order valence-corrected chi connectivity index (χ0v) is 19.5. The number of hydrogen-bond donors (Lipinski definition) is 2. The first-order valence-corrected chi connectivity index (χ1v) is 9.86. The van der Waals surface area contributed by atoms with Gasteiger partial charge in [0.1, 0.15) is 5.82 Å². The van der Waals surface area contributed by atoms with Crippen molar-refractivity contribution < 1.29 is 59.5 Å². The van der Waals surface area contributed by atoms with E-state index in [9.17, 15) is 24.5 Å². The molecule has 0 spiro atoms. The summed E-state index contributed by atoms with van der Waals surface area (Å²) in [5, 5.41) is 31.5. The van der Waals surface area contributed by atoms with E-state index in [0.29, 0.717) is 27.6 Å². The third-order valence-corrected chi connectivity index (χ3v) is 5.06. The molecule has 1 fully saturated rings. The van der Waals surface area contributed by atoms with Crippen LogP contribution in [0.5, 0.6) is 0 Å². The number of carbonyl (C=O) groups excluding carboxylic acids is 1. The van der Waals surface area contributed by atoms with E-state index in [0.717, 1.165) is 0 Å². The molecule has 2 atom stereocenters. The topological polar surface area (TPSA) is 93.5 Å². The standard InChI is InChI=1S/C25H24FNO4.Na/c26-17-9-7-15(8-10-17)24-20-3-1-2-4-22(20)27-25(16-5-6-16)21(24)12-11-18(28)13-19(29)14-23(30)31;/h1-4,7-12,16,18-19,28-29H,5-6,13-14H2,(H,30,31);/q;+1/p-1/b12-11+;/t18-,19-;/m1./s1/i5D2,6D2;. The zero-order valence-electron chi connectivity index (χ0n) is 21.5. The Balaban J connectivity index is 0.00000361. The second-order valence-electron chi connectivity index (χ2n) is 7.42. The van der Waals surface area contributed by atoms with Crippen LogP contribution in [0.3, 0.4) is 0 Å². The minimum absolute atomic E-state index is 0. The quantitative estimate of drug-likeness (QED) is 0.481. The summed E-state index contributed by atoms with van der Waals surface area (Å²) in [4.78, 5) is 15.3. The maximum absolute atomic E-state index is 13.7. The molecular formula is C25H23FNNaO4. The van der Waals surface area contributed by atoms with Crippen molar-refractivity contribution in [3.05, 3.63) is 71.7 Å². The van der Waals surface area contributed by atoms with Gasteiger partial charge in [0.15, 0.2) is 0 Å². The van der Waals surface area contributed by atoms with E-state index in [1.165, 1.54) is 24.3 Å². The summed E-state index contributed by atoms with van der Waals surface area (Å²) in [7, 11) is 0. The number of nitrogens with zero attached hydrogens (tertiary/aromatic N) is 1. The molecule has 0 amide bonds. The molecule has 0 bridgehead atoms. The molecule has 0 saturated heterocycles. The number of aromatic nitrogens is 1. The van der Waals surface area contributed by atoms with Crippen LogP contribution in [0.15, 0.2) is 54.6 Å². The van der Waals surface area contributed by atoms with Crippen molar-refractivity contribution in [1.29, 1.82) is 0 Å². The number of pyridine rings is 1. The Morgan fingerprint density at radius 1 is 1.22 bits per heavy atom. The van der Waals surface area contributed by atoms with Gasteiger partial charge in [-0.1, -0.05) is 42.5 Å². The van der Waals surface area contributed by atoms with Gasteiger partial charge in [0.05, 0.1) is 23.4 Å². The number of aliphatic hydroxyl groups excluding tert-OH is 2. The second-order valence-corrected chi connectivity index (χ2v) is 7.42. The average molecular weight is 447 g/mol. The van der Waals surface area contributed by atoms with Gasteiger partial charge in [-0.25, -0.2) is 4.39 Å². The molecule has 1 heterocycles. The van der Waals surface area contributed by atoms with Crippen molar-refractivity contribution >= 4 is 22.9 Å². The van der Waals surface area contributed by atoms with Crippen LogP contribution in [0.25, 0.3) is 28.1 Å². The number of aliphatic hydroxyl groups is 2. The van der Waals surface area contributed by atoms with Crippen molar-refractivity contribution in [2.24, 2.45) is 0 Å². The number of halogens is 1. The summed E-state index contributed by atoms with van der Waals surface area (Å²) < 4.78 is 46.3. The van der Waals surface area contributed by atoms with Gasteiger partial charge >= 0.3 is 29.6 Å². The van der Waals surface area contributed by atoms with E-state index < -0.39 is 49.1 Å². The van der Waals surface area contributed by atoms with Crippen molar-refractivity contribution in [2.45, 2.75) is 43.7 Å². The van der Waals surface area contributed by atoms with Crippen LogP contribution in [0.2, 0.25) is 0 Å². The fraction of sp³-hybridized carbons (Fsp3) is 0.280. The van der Waals surface area contributed by atoms with Crippen LogP contribution >= 0.6 is 0 Å². The Hall–Kier alpha value is -2.09. The Bertz CT molecular complexity index is 1290. The third-order valence-electron chi connectivity index (χ3n) is 5.06. The number of rotatable bonds is 8. The Labute approximate surface area is 213 Å². The first-order chi connectivity index (χ1) is 16.4. The van der Waals surface area contributed by atoms with Crippen LogP contribution in [-0.4, -0.2) is 33.4 Å². The van der Waals surface area contributed by atoms with Gasteiger partial charge < -0.3 is 20.1 Å². The largest absolute Gasteiger partial charge is 1.00 e. The third kappa shape index (κ3) is 5.82. The second kappa shape index (κ2) is 10.7. The minimum atomic E-state index is -2.17. The van der Waals surface area contributed by atoms with E-state index in [1.807, 2.05) is 0 Å². The monoisotopic (exact) mass is 447 g/mol. The van der Waals surface area contributed by atoms with Crippen molar-refractivity contribution in [1.82, 2.24) is 4.98 Å². The summed E-state index contributed by atoms with van der Waals surface area (Å²) in [6.45, 7) is 0. The number of hydrogen-bond acceptors (Lipinski definition) is 5. The predicted molar refractivity (Wildman–Crippen MR) is 114 cm³/mol. The molecule has 160 valence electrons. The molecule has 1 aromatic heterocycles. The van der Waals surface area contributed by atoms with Crippen LogP contribution in [0.4, 0.5) is 4.39 Å². The Kier molecular flexibility index (Phi) is 6.47. The molecule has 0 radical (unpaired) electrons. The Morgan fingerprint density at radius 3 is 2.56 bits per heavy atom. The fourth-order valence-corrected chi connectivity index (χ4v) is 3.58. The van der Waals surface area contributed by atoms with Gasteiger partial charge in [-0.05, 0) is 36.5 Å². The van der Waals surface area contributed by atoms with E-state index in [4.69, 9.17) is 5.48 Å². The van der Waals surface area contributed by atoms with Gasteiger partial charge in [-0.2, -0.15) is 0 Å². The normalized spacial score (nSPS) is 20.5. The zero-order chi connectivity index (χ0) is 25.5. The number of para-hydroxylation sites is 1. The fourth-order valence-electron chi connectivity index (χ4n) is 3.58. The van der Waals surface area contributed by atoms with Gasteiger partial charge in [0, 0.05) is 46.7 Å². The van der Waals surface area contributed by atoms with Gasteiger partial charge in [-0.3, -0.25) is 4.98 Å². The summed E-state index contributed by atoms with van der Waals surface area (Å²) in [5.74, 6) is -3.08. The van der Waals surface area contributed by atoms with E-state index in [2.05, 4.69) is 4.98 Å². The number of benzene rings is 2. The van der Waals surface area contributed by atoms with Crippen molar-refractivity contribution in [3.63, 3.8) is 0 Å². The average Bonchev–Trinajstić information content (AvgIpc) is 3.19. The summed E-state index contributed by atoms with van der Waals surface area (Å²) >= 11 is 0. The van der Waals surface area contributed by atoms with E-state index >= 15 is 0 Å². The molecule has 0 aliphatic heterocycles. The summed E-state index contributed by atoms with van der Waals surface area (Å²) in [5.41, 5.74) is 2.14. The number of fused-ring (bicyclic) bond motifs is 1. The van der Waals surface area contributed by atoms with Gasteiger partial charge in [0.25, 0.3) is 0 Å². The molecule has 1 saturated carbocycles. The van der Waals surface area contributed by atoms with Crippen LogP contribution < -0.4 is 34.7 Å². The molecular weight excluding hydrogens is 420 g/mol. The smallest absolute Gasteiger partial charge is 0.550 e. The maximum atomic E-state index is 13.7. The molecule has 4 rings (SSSR count). The number of carboxylic acid groups (broad SMARTS) is 1. The van der Waals surface area contributed by atoms with Crippen molar-refractivity contribution in [2.75, 3.05) is 0 Å². The molecule has 1 aliphatic rings. The number of carbonyl (C=O) groups is 1. The van der Waals surface area contributed by atoms with E-state index in [1.54, 1.807) is 36.4 Å². The molecule has 32 heavy (non-hydrogen) atoms. The molecule has 5 nitrogen and oxygen atoms in total. The van der Waals surface area contributed by atoms with Crippen LogP contribution in [0.1, 0.15) is 48.2 Å². The minimum Gasteiger partial charge on any atom is -0.550 e. The molecule has 0 unspecified atom stereocenters. The first-order valence-electron chi connectivity index (χ1n) is 11.9. The molecule has 2 N–H and O–H groups in total. The van der Waals surface area contributed by atoms with Gasteiger partial charge in [0.2, 0.25) is 0 Å².